The smallest absolute Gasteiger partial charge is 0.172 e. The molecule has 2 rings (SSSR count). The SMILES string of the molecule is [c]1cc2c(o1)C=C[N]2. The van der Waals surface area contributed by atoms with Crippen LogP contribution in [0.3, 0.4) is 0 Å². The zero-order valence-electron chi connectivity index (χ0n) is 4.09. The lowest BCUT2D eigenvalue weighted by Crippen LogP contribution is -1.73. The lowest BCUT2D eigenvalue weighted by Gasteiger charge is -1.78. The van der Waals surface area contributed by atoms with Gasteiger partial charge < -0.3 is 4.42 Å². The lowest BCUT2D eigenvalue weighted by molar-refractivity contribution is 0.549. The van der Waals surface area contributed by atoms with Crippen LogP contribution in [0.4, 0.5) is 5.69 Å². The second-order valence-corrected chi connectivity index (χ2v) is 1.56. The molecule has 8 heavy (non-hydrogen) atoms. The molecule has 0 aliphatic carbocycles. The van der Waals surface area contributed by atoms with Crippen LogP contribution in [0.1, 0.15) is 5.76 Å². The Morgan fingerprint density at radius 2 is 2.62 bits per heavy atom. The second kappa shape index (κ2) is 1.15. The summed E-state index contributed by atoms with van der Waals surface area (Å²) in [6.45, 7) is 0. The highest BCUT2D eigenvalue weighted by Crippen LogP contribution is 2.22. The predicted molar refractivity (Wildman–Crippen MR) is 28.4 cm³/mol. The number of hydrogen-bond donors (Lipinski definition) is 0. The van der Waals surface area contributed by atoms with Crippen molar-refractivity contribution in [2.75, 3.05) is 0 Å². The molecule has 1 aliphatic heterocycles. The van der Waals surface area contributed by atoms with Gasteiger partial charge in [-0.1, -0.05) is 0 Å². The molecule has 2 heterocycles. The van der Waals surface area contributed by atoms with Gasteiger partial charge in [0.1, 0.15) is 5.69 Å². The van der Waals surface area contributed by atoms with Crippen LogP contribution in [0.2, 0.25) is 0 Å². The van der Waals surface area contributed by atoms with Crippen molar-refractivity contribution in [1.82, 2.24) is 5.32 Å². The lowest BCUT2D eigenvalue weighted by atomic mass is 10.4. The van der Waals surface area contributed by atoms with Crippen LogP contribution in [0.5, 0.6) is 0 Å². The molecule has 1 aromatic rings. The minimum Gasteiger partial charge on any atom is -0.451 e. The van der Waals surface area contributed by atoms with Crippen LogP contribution in [-0.4, -0.2) is 0 Å². The molecule has 0 spiro atoms. The molecule has 0 amide bonds. The Morgan fingerprint density at radius 3 is 3.50 bits per heavy atom. The zero-order chi connectivity index (χ0) is 5.40. The standard InChI is InChI=1S/C6H3NO/c1-3-7-5-2-4-8-6(1)5/h1-3H. The Balaban J connectivity index is 2.67. The van der Waals surface area contributed by atoms with E-state index < -0.39 is 0 Å². The van der Waals surface area contributed by atoms with E-state index in [0.717, 1.165) is 11.4 Å². The molecule has 0 atom stereocenters. The van der Waals surface area contributed by atoms with E-state index in [2.05, 4.69) is 11.6 Å². The van der Waals surface area contributed by atoms with Gasteiger partial charge in [0.2, 0.25) is 0 Å². The fourth-order valence-corrected chi connectivity index (χ4v) is 0.678. The van der Waals surface area contributed by atoms with E-state index in [1.165, 1.54) is 0 Å². The molecular formula is C6H3NO. The number of rotatable bonds is 0. The maximum absolute atomic E-state index is 4.87. The quantitative estimate of drug-likeness (QED) is 0.488. The van der Waals surface area contributed by atoms with Crippen molar-refractivity contribution in [3.05, 3.63) is 24.3 Å². The van der Waals surface area contributed by atoms with Gasteiger partial charge >= 0.3 is 0 Å². The molecule has 0 N–H and O–H groups in total. The van der Waals surface area contributed by atoms with Gasteiger partial charge in [0.15, 0.2) is 12.0 Å². The summed E-state index contributed by atoms with van der Waals surface area (Å²) in [5.41, 5.74) is 0.880. The van der Waals surface area contributed by atoms with E-state index in [-0.39, 0.29) is 0 Å². The van der Waals surface area contributed by atoms with Gasteiger partial charge in [-0.2, -0.15) is 0 Å². The van der Waals surface area contributed by atoms with E-state index in [4.69, 9.17) is 4.42 Å². The highest BCUT2D eigenvalue weighted by atomic mass is 16.3. The van der Waals surface area contributed by atoms with Gasteiger partial charge in [-0.25, -0.2) is 0 Å². The van der Waals surface area contributed by atoms with Crippen molar-refractivity contribution in [1.29, 1.82) is 0 Å². The Morgan fingerprint density at radius 1 is 1.62 bits per heavy atom. The van der Waals surface area contributed by atoms with E-state index in [9.17, 15) is 0 Å². The molecule has 2 radical (unpaired) electrons. The minimum absolute atomic E-state index is 0.810. The van der Waals surface area contributed by atoms with Gasteiger partial charge in [0.05, 0.1) is 0 Å². The van der Waals surface area contributed by atoms with Gasteiger partial charge in [-0.3, -0.25) is 5.32 Å². The average molecular weight is 105 g/mol. The minimum atomic E-state index is 0.810. The van der Waals surface area contributed by atoms with Crippen LogP contribution in [-0.2, 0) is 0 Å². The normalized spacial score (nSPS) is 13.5. The number of fused-ring (bicyclic) bond motifs is 1. The summed E-state index contributed by atoms with van der Waals surface area (Å²) in [5.74, 6) is 0.810. The van der Waals surface area contributed by atoms with Crippen molar-refractivity contribution in [3.63, 3.8) is 0 Å². The Labute approximate surface area is 46.8 Å². The average Bonchev–Trinajstić information content (AvgIpc) is 2.15. The molecule has 0 aromatic carbocycles. The summed E-state index contributed by atoms with van der Waals surface area (Å²) >= 11 is 0. The summed E-state index contributed by atoms with van der Waals surface area (Å²) in [4.78, 5) is 0. The molecule has 0 saturated carbocycles. The van der Waals surface area contributed by atoms with Crippen molar-refractivity contribution < 1.29 is 4.42 Å². The molecule has 1 aliphatic rings. The first kappa shape index (κ1) is 3.78. The fourth-order valence-electron chi connectivity index (χ4n) is 0.678. The molecule has 0 saturated heterocycles. The predicted octanol–water partition coefficient (Wildman–Crippen LogP) is 1.30. The van der Waals surface area contributed by atoms with Gasteiger partial charge in [-0.05, 0) is 0 Å². The summed E-state index contributed by atoms with van der Waals surface area (Å²) in [6, 6.07) is 1.72. The first-order valence-corrected chi connectivity index (χ1v) is 2.34. The third-order valence-electron chi connectivity index (χ3n) is 1.06. The number of hydrogen-bond acceptors (Lipinski definition) is 1. The summed E-state index contributed by atoms with van der Waals surface area (Å²) < 4.78 is 4.87. The van der Waals surface area contributed by atoms with Crippen molar-refractivity contribution in [2.45, 2.75) is 0 Å². The first-order chi connectivity index (χ1) is 3.97. The van der Waals surface area contributed by atoms with E-state index >= 15 is 0 Å². The first-order valence-electron chi connectivity index (χ1n) is 2.34. The van der Waals surface area contributed by atoms with Crippen molar-refractivity contribution in [2.24, 2.45) is 0 Å². The highest BCUT2D eigenvalue weighted by Gasteiger charge is 2.06. The second-order valence-electron chi connectivity index (χ2n) is 1.56. The maximum atomic E-state index is 4.87. The number of furan rings is 1. The van der Waals surface area contributed by atoms with E-state index in [0.29, 0.717) is 0 Å². The van der Waals surface area contributed by atoms with Crippen LogP contribution in [0.15, 0.2) is 16.7 Å². The highest BCUT2D eigenvalue weighted by molar-refractivity contribution is 5.63. The third-order valence-corrected chi connectivity index (χ3v) is 1.06. The Kier molecular flexibility index (Phi) is 0.545. The molecule has 0 bridgehead atoms. The molecule has 0 unspecified atom stereocenters. The maximum Gasteiger partial charge on any atom is 0.172 e. The topological polar surface area (TPSA) is 27.2 Å². The molecule has 1 aromatic heterocycles. The monoisotopic (exact) mass is 105 g/mol. The zero-order valence-corrected chi connectivity index (χ0v) is 4.09. The molecule has 2 heteroatoms. The van der Waals surface area contributed by atoms with Crippen LogP contribution in [0.25, 0.3) is 6.08 Å². The summed E-state index contributed by atoms with van der Waals surface area (Å²) in [6.07, 6.45) is 6.10. The van der Waals surface area contributed by atoms with E-state index in [1.54, 1.807) is 12.3 Å². The van der Waals surface area contributed by atoms with Crippen LogP contribution < -0.4 is 5.32 Å². The van der Waals surface area contributed by atoms with Crippen molar-refractivity contribution in [3.8, 4) is 0 Å². The summed E-state index contributed by atoms with van der Waals surface area (Å²) in [7, 11) is 0. The molecule has 0 fully saturated rings. The Hall–Kier alpha value is -1.18. The van der Waals surface area contributed by atoms with Crippen LogP contribution in [0, 0.1) is 6.26 Å². The van der Waals surface area contributed by atoms with Gasteiger partial charge in [0, 0.05) is 18.3 Å². The fraction of sp³-hybridized carbons (Fsp3) is 0. The van der Waals surface area contributed by atoms with Gasteiger partial charge in [0.25, 0.3) is 0 Å². The number of nitrogens with zero attached hydrogens (tertiary/aromatic N) is 1. The summed E-state index contributed by atoms with van der Waals surface area (Å²) in [5, 5.41) is 3.95. The molecular weight excluding hydrogens is 102 g/mol. The van der Waals surface area contributed by atoms with Crippen LogP contribution >= 0.6 is 0 Å². The Bertz CT molecular complexity index is 224. The van der Waals surface area contributed by atoms with Gasteiger partial charge in [-0.15, -0.1) is 0 Å². The molecule has 2 nitrogen and oxygen atoms in total. The third kappa shape index (κ3) is 0.320. The van der Waals surface area contributed by atoms with E-state index in [1.807, 2.05) is 6.08 Å². The molecule has 38 valence electrons. The largest absolute Gasteiger partial charge is 0.451 e. The van der Waals surface area contributed by atoms with Crippen molar-refractivity contribution >= 4 is 11.8 Å².